The summed E-state index contributed by atoms with van der Waals surface area (Å²) in [5, 5.41) is 4.95. The molecule has 0 atom stereocenters. The van der Waals surface area contributed by atoms with Crippen molar-refractivity contribution in [1.29, 1.82) is 0 Å². The Balaban J connectivity index is 1.96. The van der Waals surface area contributed by atoms with Crippen LogP contribution in [0.1, 0.15) is 25.7 Å². The molecule has 0 bridgehead atoms. The number of nitrogens with zero attached hydrogens (tertiary/aromatic N) is 2. The third kappa shape index (κ3) is 2.08. The van der Waals surface area contributed by atoms with Gasteiger partial charge in [0.2, 0.25) is 0 Å². The molecule has 3 aromatic rings. The van der Waals surface area contributed by atoms with Crippen molar-refractivity contribution < 1.29 is 0 Å². The fraction of sp³-hybridized carbons (Fsp3) is 0.333. The van der Waals surface area contributed by atoms with Gasteiger partial charge in [-0.25, -0.2) is 5.10 Å². The van der Waals surface area contributed by atoms with Crippen LogP contribution in [-0.2, 0) is 0 Å². The van der Waals surface area contributed by atoms with Gasteiger partial charge in [-0.1, -0.05) is 24.4 Å². The van der Waals surface area contributed by atoms with Gasteiger partial charge < -0.3 is 5.43 Å². The first-order valence-electron chi connectivity index (χ1n) is 7.18. The molecule has 0 amide bonds. The number of benzene rings is 1. The van der Waals surface area contributed by atoms with Crippen LogP contribution in [0.2, 0.25) is 5.02 Å². The van der Waals surface area contributed by atoms with Crippen molar-refractivity contribution >= 4 is 33.4 Å². The summed E-state index contributed by atoms with van der Waals surface area (Å²) in [7, 11) is 0. The summed E-state index contributed by atoms with van der Waals surface area (Å²) in [4.78, 5) is 18.2. The number of aromatic amines is 1. The van der Waals surface area contributed by atoms with Crippen molar-refractivity contribution in [3.8, 4) is 0 Å². The smallest absolute Gasteiger partial charge is 0.275 e. The maximum Gasteiger partial charge on any atom is 0.275 e. The SMILES string of the molecule is O=c1[nH]n(NC2CCCC2)c2c1cnc1ccc(Cl)cc12. The predicted molar refractivity (Wildman–Crippen MR) is 84.5 cm³/mol. The lowest BCUT2D eigenvalue weighted by molar-refractivity contribution is 0.622. The molecule has 4 rings (SSSR count). The molecular formula is C15H15ClN4O. The van der Waals surface area contributed by atoms with E-state index in [0.29, 0.717) is 16.5 Å². The van der Waals surface area contributed by atoms with E-state index in [1.165, 1.54) is 12.8 Å². The van der Waals surface area contributed by atoms with Gasteiger partial charge in [-0.3, -0.25) is 9.78 Å². The minimum absolute atomic E-state index is 0.134. The fourth-order valence-corrected chi connectivity index (χ4v) is 3.28. The molecule has 21 heavy (non-hydrogen) atoms. The number of hydrogen-bond donors (Lipinski definition) is 2. The second kappa shape index (κ2) is 4.77. The molecule has 1 aliphatic carbocycles. The number of rotatable bonds is 2. The zero-order chi connectivity index (χ0) is 14.4. The molecule has 5 nitrogen and oxygen atoms in total. The van der Waals surface area contributed by atoms with Gasteiger partial charge in [0, 0.05) is 22.6 Å². The average Bonchev–Trinajstić information content (AvgIpc) is 3.08. The summed E-state index contributed by atoms with van der Waals surface area (Å²) in [6.45, 7) is 0. The number of nitrogens with one attached hydrogen (secondary N) is 2. The van der Waals surface area contributed by atoms with E-state index in [4.69, 9.17) is 11.6 Å². The van der Waals surface area contributed by atoms with E-state index < -0.39 is 0 Å². The molecule has 2 heterocycles. The summed E-state index contributed by atoms with van der Waals surface area (Å²) in [5.41, 5.74) is 4.92. The normalized spacial score (nSPS) is 16.0. The number of H-pyrrole nitrogens is 1. The summed E-state index contributed by atoms with van der Waals surface area (Å²) in [5.74, 6) is 0. The molecule has 0 saturated heterocycles. The molecule has 1 saturated carbocycles. The van der Waals surface area contributed by atoms with Crippen LogP contribution in [0.4, 0.5) is 0 Å². The first kappa shape index (κ1) is 12.7. The summed E-state index contributed by atoms with van der Waals surface area (Å²) in [6.07, 6.45) is 6.35. The standard InChI is InChI=1S/C15H15ClN4O/c16-9-5-6-13-11(7-9)14-12(8-17-13)15(21)19-20(14)18-10-3-1-2-4-10/h5-8,10,18H,1-4H2,(H,19,21). The van der Waals surface area contributed by atoms with Crippen LogP contribution in [0.15, 0.2) is 29.2 Å². The van der Waals surface area contributed by atoms with E-state index in [-0.39, 0.29) is 5.56 Å². The van der Waals surface area contributed by atoms with Gasteiger partial charge in [-0.2, -0.15) is 4.79 Å². The van der Waals surface area contributed by atoms with Crippen molar-refractivity contribution in [3.05, 3.63) is 39.8 Å². The second-order valence-corrected chi connectivity index (χ2v) is 6.01. The lowest BCUT2D eigenvalue weighted by Gasteiger charge is -2.15. The highest BCUT2D eigenvalue weighted by atomic mass is 35.5. The molecule has 0 aliphatic heterocycles. The Kier molecular flexibility index (Phi) is 2.89. The quantitative estimate of drug-likeness (QED) is 0.765. The first-order chi connectivity index (χ1) is 10.2. The second-order valence-electron chi connectivity index (χ2n) is 5.57. The third-order valence-corrected chi connectivity index (χ3v) is 4.39. The molecule has 6 heteroatoms. The predicted octanol–water partition coefficient (Wildman–Crippen LogP) is 3.02. The van der Waals surface area contributed by atoms with E-state index >= 15 is 0 Å². The highest BCUT2D eigenvalue weighted by Gasteiger charge is 2.18. The maximum atomic E-state index is 12.1. The Morgan fingerprint density at radius 1 is 1.29 bits per heavy atom. The highest BCUT2D eigenvalue weighted by Crippen LogP contribution is 2.25. The summed E-state index contributed by atoms with van der Waals surface area (Å²) in [6, 6.07) is 5.93. The highest BCUT2D eigenvalue weighted by molar-refractivity contribution is 6.31. The molecule has 0 radical (unpaired) electrons. The van der Waals surface area contributed by atoms with E-state index in [1.54, 1.807) is 11.0 Å². The molecule has 0 spiro atoms. The van der Waals surface area contributed by atoms with Crippen LogP contribution in [0.5, 0.6) is 0 Å². The number of halogens is 1. The van der Waals surface area contributed by atoms with Gasteiger partial charge in [0.15, 0.2) is 0 Å². The minimum Gasteiger partial charge on any atom is -0.308 e. The molecule has 108 valence electrons. The van der Waals surface area contributed by atoms with E-state index in [0.717, 1.165) is 29.3 Å². The molecule has 0 unspecified atom stereocenters. The van der Waals surface area contributed by atoms with Crippen LogP contribution >= 0.6 is 11.6 Å². The van der Waals surface area contributed by atoms with Crippen LogP contribution in [-0.4, -0.2) is 20.9 Å². The Labute approximate surface area is 125 Å². The van der Waals surface area contributed by atoms with Crippen molar-refractivity contribution in [1.82, 2.24) is 14.9 Å². The summed E-state index contributed by atoms with van der Waals surface area (Å²) >= 11 is 6.10. The zero-order valence-electron chi connectivity index (χ0n) is 11.4. The van der Waals surface area contributed by atoms with Gasteiger partial charge in [0.25, 0.3) is 5.56 Å². The lowest BCUT2D eigenvalue weighted by Crippen LogP contribution is -2.27. The van der Waals surface area contributed by atoms with Crippen LogP contribution in [0.25, 0.3) is 21.8 Å². The molecule has 1 aromatic carbocycles. The Bertz CT molecular complexity index is 876. The molecular weight excluding hydrogens is 288 g/mol. The van der Waals surface area contributed by atoms with Crippen molar-refractivity contribution in [3.63, 3.8) is 0 Å². The van der Waals surface area contributed by atoms with Crippen LogP contribution in [0.3, 0.4) is 0 Å². The van der Waals surface area contributed by atoms with Crippen molar-refractivity contribution in [2.24, 2.45) is 0 Å². The number of pyridine rings is 1. The third-order valence-electron chi connectivity index (χ3n) is 4.15. The summed E-state index contributed by atoms with van der Waals surface area (Å²) < 4.78 is 0. The number of fused-ring (bicyclic) bond motifs is 3. The molecule has 2 N–H and O–H groups in total. The van der Waals surface area contributed by atoms with Crippen LogP contribution in [0, 0.1) is 0 Å². The van der Waals surface area contributed by atoms with Gasteiger partial charge in [-0.05, 0) is 31.0 Å². The van der Waals surface area contributed by atoms with E-state index in [9.17, 15) is 4.79 Å². The maximum absolute atomic E-state index is 12.1. The average molecular weight is 303 g/mol. The van der Waals surface area contributed by atoms with Gasteiger partial charge in [0.05, 0.1) is 10.9 Å². The Morgan fingerprint density at radius 2 is 2.10 bits per heavy atom. The van der Waals surface area contributed by atoms with Gasteiger partial charge in [-0.15, -0.1) is 0 Å². The molecule has 1 aliphatic rings. The Hall–Kier alpha value is -2.01. The molecule has 1 fully saturated rings. The topological polar surface area (TPSA) is 62.7 Å². The zero-order valence-corrected chi connectivity index (χ0v) is 12.2. The van der Waals surface area contributed by atoms with Crippen molar-refractivity contribution in [2.45, 2.75) is 31.7 Å². The van der Waals surface area contributed by atoms with E-state index in [2.05, 4.69) is 15.5 Å². The van der Waals surface area contributed by atoms with Crippen LogP contribution < -0.4 is 11.0 Å². The fourth-order valence-electron chi connectivity index (χ4n) is 3.11. The minimum atomic E-state index is -0.134. The largest absolute Gasteiger partial charge is 0.308 e. The number of aromatic nitrogens is 3. The first-order valence-corrected chi connectivity index (χ1v) is 7.56. The van der Waals surface area contributed by atoms with Gasteiger partial charge in [0.1, 0.15) is 5.52 Å². The number of hydrogen-bond acceptors (Lipinski definition) is 3. The molecule has 2 aromatic heterocycles. The lowest BCUT2D eigenvalue weighted by atomic mass is 10.2. The van der Waals surface area contributed by atoms with E-state index in [1.807, 2.05) is 18.2 Å². The Morgan fingerprint density at radius 3 is 2.90 bits per heavy atom. The van der Waals surface area contributed by atoms with Crippen molar-refractivity contribution in [2.75, 3.05) is 5.43 Å². The monoisotopic (exact) mass is 302 g/mol. The van der Waals surface area contributed by atoms with Gasteiger partial charge >= 0.3 is 0 Å².